The van der Waals surface area contributed by atoms with Gasteiger partial charge in [-0.3, -0.25) is 9.35 Å². The monoisotopic (exact) mass is 176 g/mol. The second kappa shape index (κ2) is 4.05. The van der Waals surface area contributed by atoms with Gasteiger partial charge in [-0.2, -0.15) is 8.42 Å². The Hall–Kier alpha value is -0.940. The molecular weight excluding hydrogens is 168 g/mol. The predicted octanol–water partition coefficient (Wildman–Crippen LogP) is 0.186. The molecule has 0 radical (unpaired) electrons. The smallest absolute Gasteiger partial charge is 0.268 e. The SMILES string of the molecule is C=CC(=O)C=CCS(=O)(=O)O. The largest absolute Gasteiger partial charge is 0.290 e. The molecule has 0 unspecified atom stereocenters. The van der Waals surface area contributed by atoms with E-state index < -0.39 is 21.7 Å². The average Bonchev–Trinajstić information content (AvgIpc) is 1.85. The van der Waals surface area contributed by atoms with Gasteiger partial charge >= 0.3 is 0 Å². The summed E-state index contributed by atoms with van der Waals surface area (Å²) in [5.74, 6) is -0.944. The Bertz CT molecular complexity index is 273. The van der Waals surface area contributed by atoms with Crippen molar-refractivity contribution in [2.24, 2.45) is 0 Å². The quantitative estimate of drug-likeness (QED) is 0.490. The van der Waals surface area contributed by atoms with E-state index in [0.717, 1.165) is 18.2 Å². The van der Waals surface area contributed by atoms with Gasteiger partial charge in [0.2, 0.25) is 0 Å². The molecule has 0 spiro atoms. The van der Waals surface area contributed by atoms with Crippen LogP contribution in [-0.4, -0.2) is 24.5 Å². The average molecular weight is 176 g/mol. The summed E-state index contributed by atoms with van der Waals surface area (Å²) in [6, 6.07) is 0. The van der Waals surface area contributed by atoms with E-state index in [1.165, 1.54) is 0 Å². The fourth-order valence-corrected chi connectivity index (χ4v) is 0.693. The maximum atomic E-state index is 10.4. The van der Waals surface area contributed by atoms with Crippen LogP contribution in [0.3, 0.4) is 0 Å². The number of rotatable bonds is 4. The molecule has 0 rings (SSSR count). The van der Waals surface area contributed by atoms with Crippen LogP contribution in [-0.2, 0) is 14.9 Å². The third-order valence-corrected chi connectivity index (χ3v) is 1.40. The van der Waals surface area contributed by atoms with E-state index in [0.29, 0.717) is 0 Å². The minimum Gasteiger partial charge on any atom is -0.290 e. The van der Waals surface area contributed by atoms with Gasteiger partial charge < -0.3 is 0 Å². The van der Waals surface area contributed by atoms with E-state index in [4.69, 9.17) is 4.55 Å². The summed E-state index contributed by atoms with van der Waals surface area (Å²) in [5.41, 5.74) is 0. The molecule has 0 aliphatic carbocycles. The van der Waals surface area contributed by atoms with Crippen LogP contribution in [0.1, 0.15) is 0 Å². The van der Waals surface area contributed by atoms with Crippen LogP contribution in [0.5, 0.6) is 0 Å². The van der Waals surface area contributed by atoms with Crippen LogP contribution < -0.4 is 0 Å². The number of hydrogen-bond donors (Lipinski definition) is 1. The van der Waals surface area contributed by atoms with Gasteiger partial charge in [-0.15, -0.1) is 0 Å². The Morgan fingerprint density at radius 1 is 1.55 bits per heavy atom. The van der Waals surface area contributed by atoms with Crippen molar-refractivity contribution in [3.63, 3.8) is 0 Å². The summed E-state index contributed by atoms with van der Waals surface area (Å²) >= 11 is 0. The Kier molecular flexibility index (Phi) is 3.70. The normalized spacial score (nSPS) is 11.7. The molecule has 0 aromatic carbocycles. The predicted molar refractivity (Wildman–Crippen MR) is 40.8 cm³/mol. The molecule has 0 aromatic heterocycles. The molecule has 0 saturated carbocycles. The summed E-state index contributed by atoms with van der Waals surface area (Å²) in [6.07, 6.45) is 3.13. The molecule has 0 atom stereocenters. The highest BCUT2D eigenvalue weighted by Crippen LogP contribution is 1.84. The van der Waals surface area contributed by atoms with E-state index in [9.17, 15) is 13.2 Å². The van der Waals surface area contributed by atoms with Crippen molar-refractivity contribution in [3.8, 4) is 0 Å². The number of ketones is 1. The van der Waals surface area contributed by atoms with Crippen LogP contribution in [0.25, 0.3) is 0 Å². The van der Waals surface area contributed by atoms with Gasteiger partial charge in [0.1, 0.15) is 0 Å². The first-order valence-electron chi connectivity index (χ1n) is 2.74. The highest BCUT2D eigenvalue weighted by atomic mass is 32.2. The molecule has 0 aliphatic heterocycles. The minimum absolute atomic E-state index is 0.395. The van der Waals surface area contributed by atoms with E-state index in [1.54, 1.807) is 0 Å². The summed E-state index contributed by atoms with van der Waals surface area (Å²) in [5, 5.41) is 0. The van der Waals surface area contributed by atoms with Crippen molar-refractivity contribution in [2.45, 2.75) is 0 Å². The zero-order valence-electron chi connectivity index (χ0n) is 5.73. The Labute approximate surface area is 65.0 Å². The molecular formula is C6H8O4S. The lowest BCUT2D eigenvalue weighted by molar-refractivity contribution is -0.110. The topological polar surface area (TPSA) is 71.4 Å². The summed E-state index contributed by atoms with van der Waals surface area (Å²) in [6.45, 7) is 3.16. The molecule has 0 amide bonds. The second-order valence-corrected chi connectivity index (χ2v) is 3.25. The Morgan fingerprint density at radius 3 is 2.45 bits per heavy atom. The first-order valence-corrected chi connectivity index (χ1v) is 4.35. The third-order valence-electron chi connectivity index (χ3n) is 0.790. The lowest BCUT2D eigenvalue weighted by Crippen LogP contribution is -2.00. The Morgan fingerprint density at radius 2 is 2.09 bits per heavy atom. The molecule has 4 nitrogen and oxygen atoms in total. The molecule has 62 valence electrons. The molecule has 0 aromatic rings. The van der Waals surface area contributed by atoms with Crippen LogP contribution in [0.4, 0.5) is 0 Å². The van der Waals surface area contributed by atoms with Gasteiger partial charge in [0.15, 0.2) is 5.78 Å². The first kappa shape index (κ1) is 10.1. The maximum Gasteiger partial charge on any atom is 0.268 e. The fourth-order valence-electron chi connectivity index (χ4n) is 0.354. The van der Waals surface area contributed by atoms with Crippen LogP contribution in [0.2, 0.25) is 0 Å². The zero-order valence-corrected chi connectivity index (χ0v) is 6.54. The fraction of sp³-hybridized carbons (Fsp3) is 0.167. The van der Waals surface area contributed by atoms with E-state index in [1.807, 2.05) is 0 Å². The second-order valence-electron chi connectivity index (χ2n) is 1.76. The maximum absolute atomic E-state index is 10.4. The van der Waals surface area contributed by atoms with Gasteiger partial charge in [-0.05, 0) is 12.2 Å². The molecule has 0 bridgehead atoms. The molecule has 0 aliphatic rings. The van der Waals surface area contributed by atoms with Crippen LogP contribution in [0.15, 0.2) is 24.8 Å². The molecule has 0 fully saturated rings. The van der Waals surface area contributed by atoms with Crippen molar-refractivity contribution in [2.75, 3.05) is 5.75 Å². The Balaban J connectivity index is 3.99. The number of hydrogen-bond acceptors (Lipinski definition) is 3. The van der Waals surface area contributed by atoms with Crippen molar-refractivity contribution in [3.05, 3.63) is 24.8 Å². The van der Waals surface area contributed by atoms with Crippen LogP contribution in [0, 0.1) is 0 Å². The summed E-state index contributed by atoms with van der Waals surface area (Å²) < 4.78 is 28.3. The molecule has 5 heteroatoms. The van der Waals surface area contributed by atoms with Gasteiger partial charge in [0.25, 0.3) is 10.1 Å². The summed E-state index contributed by atoms with van der Waals surface area (Å²) in [4.78, 5) is 10.4. The van der Waals surface area contributed by atoms with E-state index in [-0.39, 0.29) is 0 Å². The minimum atomic E-state index is -4.00. The number of allylic oxidation sites excluding steroid dienone is 2. The van der Waals surface area contributed by atoms with Gasteiger partial charge in [-0.25, -0.2) is 0 Å². The first-order chi connectivity index (χ1) is 4.95. The number of carbonyl (C=O) groups excluding carboxylic acids is 1. The molecule has 1 N–H and O–H groups in total. The highest BCUT2D eigenvalue weighted by Gasteiger charge is 1.98. The van der Waals surface area contributed by atoms with Crippen molar-refractivity contribution in [1.29, 1.82) is 0 Å². The highest BCUT2D eigenvalue weighted by molar-refractivity contribution is 7.85. The van der Waals surface area contributed by atoms with Crippen molar-refractivity contribution in [1.82, 2.24) is 0 Å². The third kappa shape index (κ3) is 6.95. The summed E-state index contributed by atoms with van der Waals surface area (Å²) in [7, 11) is -4.00. The zero-order chi connectivity index (χ0) is 8.91. The molecule has 11 heavy (non-hydrogen) atoms. The standard InChI is InChI=1S/C6H8O4S/c1-2-6(7)4-3-5-11(8,9)10/h2-4H,1,5H2,(H,8,9,10). The molecule has 0 heterocycles. The lowest BCUT2D eigenvalue weighted by Gasteiger charge is -1.85. The van der Waals surface area contributed by atoms with Crippen molar-refractivity contribution < 1.29 is 17.8 Å². The van der Waals surface area contributed by atoms with Gasteiger partial charge in [0.05, 0.1) is 5.75 Å². The van der Waals surface area contributed by atoms with E-state index >= 15 is 0 Å². The molecule has 0 saturated heterocycles. The number of carbonyl (C=O) groups is 1. The van der Waals surface area contributed by atoms with Crippen LogP contribution >= 0.6 is 0 Å². The van der Waals surface area contributed by atoms with Crippen molar-refractivity contribution >= 4 is 15.9 Å². The van der Waals surface area contributed by atoms with E-state index in [2.05, 4.69) is 6.58 Å². The van der Waals surface area contributed by atoms with Gasteiger partial charge in [-0.1, -0.05) is 12.7 Å². The lowest BCUT2D eigenvalue weighted by atomic mass is 10.3. The van der Waals surface area contributed by atoms with Gasteiger partial charge in [0, 0.05) is 0 Å².